The molecule has 6 nitrogen and oxygen atoms in total. The Hall–Kier alpha value is -3.41. The third-order valence-electron chi connectivity index (χ3n) is 3.91. The normalized spacial score (nSPS) is 11.9. The summed E-state index contributed by atoms with van der Waals surface area (Å²) in [5, 5.41) is 4.11. The van der Waals surface area contributed by atoms with E-state index >= 15 is 0 Å². The van der Waals surface area contributed by atoms with Gasteiger partial charge in [-0.3, -0.25) is 4.98 Å². The molecular formula is C21H22N4O2. The molecule has 0 aliphatic carbocycles. The molecule has 0 aliphatic heterocycles. The second-order valence-corrected chi connectivity index (χ2v) is 6.05. The van der Waals surface area contributed by atoms with Crippen LogP contribution in [-0.2, 0) is 17.8 Å². The number of hydrogen-bond acceptors (Lipinski definition) is 6. The minimum Gasteiger partial charge on any atom is -0.492 e. The summed E-state index contributed by atoms with van der Waals surface area (Å²) in [5.74, 6) is 1.88. The first-order valence-electron chi connectivity index (χ1n) is 8.68. The lowest BCUT2D eigenvalue weighted by Gasteiger charge is -2.06. The standard InChI is InChI=1S/C21H22N4O2/c1-3-4-6-15(2)26-14-17-9-8-16(13-24-17)11-18-12-20(27-25-18)19-7-5-10-23-21(19)22/h3-10,12-13H,11,14H2,1-2H3,(H2,22,23)/b4-3-,15-6+. The number of nitrogens with two attached hydrogens (primary N) is 1. The summed E-state index contributed by atoms with van der Waals surface area (Å²) in [6.45, 7) is 4.33. The van der Waals surface area contributed by atoms with Crippen molar-refractivity contribution in [3.8, 4) is 11.3 Å². The number of pyridine rings is 2. The van der Waals surface area contributed by atoms with Crippen molar-refractivity contribution in [3.63, 3.8) is 0 Å². The van der Waals surface area contributed by atoms with Gasteiger partial charge in [0.15, 0.2) is 5.76 Å². The Morgan fingerprint density at radius 2 is 2.11 bits per heavy atom. The lowest BCUT2D eigenvalue weighted by molar-refractivity contribution is 0.197. The lowest BCUT2D eigenvalue weighted by atomic mass is 10.1. The molecule has 6 heteroatoms. The maximum absolute atomic E-state index is 5.88. The fraction of sp³-hybridized carbons (Fsp3) is 0.190. The smallest absolute Gasteiger partial charge is 0.170 e. The lowest BCUT2D eigenvalue weighted by Crippen LogP contribution is -1.96. The van der Waals surface area contributed by atoms with E-state index in [1.54, 1.807) is 6.20 Å². The van der Waals surface area contributed by atoms with Gasteiger partial charge in [-0.2, -0.15) is 0 Å². The summed E-state index contributed by atoms with van der Waals surface area (Å²) in [6, 6.07) is 9.52. The maximum atomic E-state index is 5.88. The zero-order chi connectivity index (χ0) is 19.1. The van der Waals surface area contributed by atoms with Crippen LogP contribution in [0, 0.1) is 0 Å². The molecule has 27 heavy (non-hydrogen) atoms. The first-order chi connectivity index (χ1) is 13.2. The third-order valence-corrected chi connectivity index (χ3v) is 3.91. The van der Waals surface area contributed by atoms with Crippen LogP contribution in [0.15, 0.2) is 71.2 Å². The Balaban J connectivity index is 1.61. The molecule has 3 aromatic rings. The van der Waals surface area contributed by atoms with E-state index < -0.39 is 0 Å². The van der Waals surface area contributed by atoms with Crippen LogP contribution in [0.25, 0.3) is 11.3 Å². The van der Waals surface area contributed by atoms with Crippen LogP contribution < -0.4 is 5.73 Å². The molecule has 0 saturated carbocycles. The van der Waals surface area contributed by atoms with E-state index in [0.29, 0.717) is 24.6 Å². The predicted octanol–water partition coefficient (Wildman–Crippen LogP) is 4.30. The van der Waals surface area contributed by atoms with Crippen LogP contribution in [0.4, 0.5) is 5.82 Å². The molecule has 0 saturated heterocycles. The predicted molar refractivity (Wildman–Crippen MR) is 105 cm³/mol. The number of ether oxygens (including phenoxy) is 1. The number of allylic oxidation sites excluding steroid dienone is 4. The van der Waals surface area contributed by atoms with Gasteiger partial charge < -0.3 is 15.0 Å². The van der Waals surface area contributed by atoms with Crippen LogP contribution >= 0.6 is 0 Å². The quantitative estimate of drug-likeness (QED) is 0.498. The van der Waals surface area contributed by atoms with Crippen LogP contribution in [0.2, 0.25) is 0 Å². The fourth-order valence-electron chi connectivity index (χ4n) is 2.47. The molecule has 2 N–H and O–H groups in total. The van der Waals surface area contributed by atoms with Gasteiger partial charge in [0, 0.05) is 24.9 Å². The molecule has 0 atom stereocenters. The molecule has 0 fully saturated rings. The highest BCUT2D eigenvalue weighted by molar-refractivity contribution is 5.69. The zero-order valence-electron chi connectivity index (χ0n) is 15.4. The number of rotatable bonds is 7. The van der Waals surface area contributed by atoms with E-state index in [1.807, 2.05) is 68.6 Å². The van der Waals surface area contributed by atoms with Gasteiger partial charge in [-0.1, -0.05) is 23.4 Å². The summed E-state index contributed by atoms with van der Waals surface area (Å²) in [4.78, 5) is 8.51. The Kier molecular flexibility index (Phi) is 5.99. The Morgan fingerprint density at radius 1 is 1.22 bits per heavy atom. The van der Waals surface area contributed by atoms with Gasteiger partial charge in [-0.05, 0) is 43.7 Å². The van der Waals surface area contributed by atoms with Gasteiger partial charge >= 0.3 is 0 Å². The highest BCUT2D eigenvalue weighted by Crippen LogP contribution is 2.25. The van der Waals surface area contributed by atoms with Gasteiger partial charge in [0.1, 0.15) is 12.4 Å². The molecule has 138 valence electrons. The number of aromatic nitrogens is 3. The highest BCUT2D eigenvalue weighted by atomic mass is 16.5. The van der Waals surface area contributed by atoms with Crippen molar-refractivity contribution in [3.05, 3.63) is 83.7 Å². The first kappa shape index (κ1) is 18.4. The summed E-state index contributed by atoms with van der Waals surface area (Å²) >= 11 is 0. The van der Waals surface area contributed by atoms with Crippen molar-refractivity contribution in [1.29, 1.82) is 0 Å². The molecular weight excluding hydrogens is 340 g/mol. The second-order valence-electron chi connectivity index (χ2n) is 6.05. The number of anilines is 1. The monoisotopic (exact) mass is 362 g/mol. The molecule has 0 unspecified atom stereocenters. The first-order valence-corrected chi connectivity index (χ1v) is 8.68. The van der Waals surface area contributed by atoms with Crippen molar-refractivity contribution < 1.29 is 9.26 Å². The molecule has 3 heterocycles. The van der Waals surface area contributed by atoms with Crippen molar-refractivity contribution in [2.24, 2.45) is 0 Å². The van der Waals surface area contributed by atoms with Crippen molar-refractivity contribution >= 4 is 5.82 Å². The van der Waals surface area contributed by atoms with Crippen molar-refractivity contribution in [1.82, 2.24) is 15.1 Å². The fourth-order valence-corrected chi connectivity index (χ4v) is 2.47. The van der Waals surface area contributed by atoms with Gasteiger partial charge in [-0.25, -0.2) is 4.98 Å². The molecule has 0 bridgehead atoms. The largest absolute Gasteiger partial charge is 0.492 e. The van der Waals surface area contributed by atoms with Gasteiger partial charge in [-0.15, -0.1) is 0 Å². The van der Waals surface area contributed by atoms with E-state index in [4.69, 9.17) is 15.0 Å². The van der Waals surface area contributed by atoms with Crippen LogP contribution in [0.1, 0.15) is 30.8 Å². The summed E-state index contributed by atoms with van der Waals surface area (Å²) < 4.78 is 11.1. The van der Waals surface area contributed by atoms with Crippen LogP contribution in [0.3, 0.4) is 0 Å². The minimum absolute atomic E-state index is 0.421. The van der Waals surface area contributed by atoms with Gasteiger partial charge in [0.2, 0.25) is 0 Å². The molecule has 3 aromatic heterocycles. The van der Waals surface area contributed by atoms with E-state index in [0.717, 1.165) is 28.3 Å². The second kappa shape index (κ2) is 8.80. The zero-order valence-corrected chi connectivity index (χ0v) is 15.4. The SMILES string of the molecule is C/C=C\C=C(/C)OCc1ccc(Cc2cc(-c3cccnc3N)on2)cn1. The van der Waals surface area contributed by atoms with Gasteiger partial charge in [0.05, 0.1) is 22.7 Å². The van der Waals surface area contributed by atoms with Crippen LogP contribution in [0.5, 0.6) is 0 Å². The maximum Gasteiger partial charge on any atom is 0.170 e. The summed E-state index contributed by atoms with van der Waals surface area (Å²) in [6.07, 6.45) is 9.92. The Bertz CT molecular complexity index is 943. The molecule has 0 aromatic carbocycles. The third kappa shape index (κ3) is 5.04. The molecule has 3 rings (SSSR count). The number of hydrogen-bond donors (Lipinski definition) is 1. The summed E-state index contributed by atoms with van der Waals surface area (Å²) in [5.41, 5.74) is 9.34. The Morgan fingerprint density at radius 3 is 2.85 bits per heavy atom. The average Bonchev–Trinajstić information content (AvgIpc) is 3.14. The highest BCUT2D eigenvalue weighted by Gasteiger charge is 2.11. The topological polar surface area (TPSA) is 87.1 Å². The van der Waals surface area contributed by atoms with E-state index in [2.05, 4.69) is 15.1 Å². The van der Waals surface area contributed by atoms with Crippen molar-refractivity contribution in [2.75, 3.05) is 5.73 Å². The molecule has 0 aliphatic rings. The molecule has 0 amide bonds. The number of nitrogens with zero attached hydrogens (tertiary/aromatic N) is 3. The van der Waals surface area contributed by atoms with E-state index in [1.165, 1.54) is 0 Å². The minimum atomic E-state index is 0.421. The van der Waals surface area contributed by atoms with Gasteiger partial charge in [0.25, 0.3) is 0 Å². The average molecular weight is 362 g/mol. The van der Waals surface area contributed by atoms with E-state index in [9.17, 15) is 0 Å². The Labute approximate surface area is 158 Å². The van der Waals surface area contributed by atoms with Crippen LogP contribution in [-0.4, -0.2) is 15.1 Å². The van der Waals surface area contributed by atoms with E-state index in [-0.39, 0.29) is 0 Å². The molecule has 0 spiro atoms. The number of nitrogen functional groups attached to an aromatic ring is 1. The molecule has 0 radical (unpaired) electrons. The van der Waals surface area contributed by atoms with Crippen molar-refractivity contribution in [2.45, 2.75) is 26.9 Å². The summed E-state index contributed by atoms with van der Waals surface area (Å²) in [7, 11) is 0.